The molecular formula is C26H25ClN8O2. The van der Waals surface area contributed by atoms with E-state index < -0.39 is 0 Å². The summed E-state index contributed by atoms with van der Waals surface area (Å²) in [6.45, 7) is 4.51. The number of fused-ring (bicyclic) bond motifs is 1. The van der Waals surface area contributed by atoms with E-state index >= 15 is 0 Å². The molecule has 1 aromatic carbocycles. The van der Waals surface area contributed by atoms with Crippen molar-refractivity contribution in [3.05, 3.63) is 63.7 Å². The van der Waals surface area contributed by atoms with Gasteiger partial charge in [-0.3, -0.25) is 14.5 Å². The number of hydrogen-bond donors (Lipinski definition) is 1. The molecule has 0 radical (unpaired) electrons. The highest BCUT2D eigenvalue weighted by atomic mass is 35.5. The van der Waals surface area contributed by atoms with Gasteiger partial charge in [0.2, 0.25) is 11.9 Å². The van der Waals surface area contributed by atoms with Gasteiger partial charge in [-0.25, -0.2) is 14.6 Å². The van der Waals surface area contributed by atoms with Crippen molar-refractivity contribution in [3.63, 3.8) is 0 Å². The van der Waals surface area contributed by atoms with Crippen molar-refractivity contribution < 1.29 is 9.59 Å². The Labute approximate surface area is 218 Å². The number of benzene rings is 1. The van der Waals surface area contributed by atoms with Gasteiger partial charge in [-0.1, -0.05) is 16.8 Å². The summed E-state index contributed by atoms with van der Waals surface area (Å²) < 4.78 is 1.62. The first-order valence-corrected chi connectivity index (χ1v) is 12.8. The van der Waals surface area contributed by atoms with Crippen LogP contribution in [0.5, 0.6) is 0 Å². The van der Waals surface area contributed by atoms with Gasteiger partial charge in [0.1, 0.15) is 0 Å². The molecule has 3 atom stereocenters. The predicted octanol–water partition coefficient (Wildman–Crippen LogP) is 3.17. The van der Waals surface area contributed by atoms with Crippen molar-refractivity contribution in [2.24, 2.45) is 11.8 Å². The number of nitriles is 1. The van der Waals surface area contributed by atoms with Crippen LogP contribution in [0.4, 0.5) is 5.95 Å². The Bertz CT molecular complexity index is 1460. The first-order valence-electron chi connectivity index (χ1n) is 12.4. The first-order chi connectivity index (χ1) is 17.8. The number of piperidine rings is 1. The Hall–Kier alpha value is -3.84. The van der Waals surface area contributed by atoms with Crippen molar-refractivity contribution >= 4 is 29.4 Å². The van der Waals surface area contributed by atoms with E-state index in [9.17, 15) is 14.9 Å². The highest BCUT2D eigenvalue weighted by molar-refractivity contribution is 6.30. The molecule has 1 saturated heterocycles. The van der Waals surface area contributed by atoms with Crippen molar-refractivity contribution in [3.8, 4) is 6.07 Å². The number of nitrogens with one attached hydrogen (secondary N) is 1. The number of anilines is 1. The quantitative estimate of drug-likeness (QED) is 0.532. The minimum atomic E-state index is -0.289. The summed E-state index contributed by atoms with van der Waals surface area (Å²) in [7, 11) is 0. The monoisotopic (exact) mass is 516 g/mol. The van der Waals surface area contributed by atoms with E-state index in [-0.39, 0.29) is 41.4 Å². The Morgan fingerprint density at radius 1 is 1.30 bits per heavy atom. The van der Waals surface area contributed by atoms with Gasteiger partial charge < -0.3 is 5.32 Å². The summed E-state index contributed by atoms with van der Waals surface area (Å²) in [4.78, 5) is 35.9. The number of nitrogens with zero attached hydrogens (tertiary/aromatic N) is 7. The molecule has 2 amide bonds. The van der Waals surface area contributed by atoms with Crippen molar-refractivity contribution in [1.29, 1.82) is 5.26 Å². The molecule has 6 rings (SSSR count). The van der Waals surface area contributed by atoms with Crippen LogP contribution in [0.15, 0.2) is 30.6 Å². The summed E-state index contributed by atoms with van der Waals surface area (Å²) in [5, 5.41) is 21.2. The summed E-state index contributed by atoms with van der Waals surface area (Å²) in [6.07, 6.45) is 5.79. The fourth-order valence-electron chi connectivity index (χ4n) is 5.40. The molecule has 1 unspecified atom stereocenters. The van der Waals surface area contributed by atoms with Gasteiger partial charge in [0, 0.05) is 41.0 Å². The molecule has 11 heteroatoms. The number of carbonyl (C=O) groups excluding carboxylic acids is 2. The second kappa shape index (κ2) is 8.92. The summed E-state index contributed by atoms with van der Waals surface area (Å²) in [6, 6.07) is 7.24. The molecule has 3 heterocycles. The molecule has 10 nitrogen and oxygen atoms in total. The molecular weight excluding hydrogens is 492 g/mol. The van der Waals surface area contributed by atoms with Gasteiger partial charge in [0.25, 0.3) is 5.91 Å². The Kier molecular flexibility index (Phi) is 5.68. The molecule has 3 aromatic rings. The van der Waals surface area contributed by atoms with E-state index in [2.05, 4.69) is 31.7 Å². The number of aryl methyl sites for hydroxylation is 1. The van der Waals surface area contributed by atoms with E-state index in [1.165, 1.54) is 0 Å². The van der Waals surface area contributed by atoms with Gasteiger partial charge in [-0.15, -0.1) is 5.10 Å². The van der Waals surface area contributed by atoms with Crippen LogP contribution in [-0.4, -0.2) is 49.4 Å². The van der Waals surface area contributed by atoms with Crippen LogP contribution in [0.25, 0.3) is 0 Å². The number of amides is 2. The van der Waals surface area contributed by atoms with E-state index in [1.807, 2.05) is 19.9 Å². The van der Waals surface area contributed by atoms with Gasteiger partial charge in [-0.2, -0.15) is 5.26 Å². The molecule has 0 spiro atoms. The maximum absolute atomic E-state index is 12.8. The normalized spacial score (nSPS) is 24.7. The molecule has 3 fully saturated rings. The molecule has 2 saturated carbocycles. The number of carbonyl (C=O) groups is 2. The zero-order chi connectivity index (χ0) is 25.8. The number of hydrogen-bond acceptors (Lipinski definition) is 7. The van der Waals surface area contributed by atoms with Crippen molar-refractivity contribution in [1.82, 2.24) is 30.3 Å². The molecule has 0 bridgehead atoms. The Morgan fingerprint density at radius 3 is 2.81 bits per heavy atom. The maximum Gasteiger partial charge on any atom is 0.273 e. The average Bonchev–Trinajstić information content (AvgIpc) is 3.31. The smallest absolute Gasteiger partial charge is 0.273 e. The third-order valence-corrected chi connectivity index (χ3v) is 8.04. The second-order valence-corrected chi connectivity index (χ2v) is 10.6. The minimum absolute atomic E-state index is 0.00637. The highest BCUT2D eigenvalue weighted by Gasteiger charge is 2.53. The number of rotatable bonds is 6. The Balaban J connectivity index is 1.08. The fraction of sp³-hybridized carbons (Fsp3) is 0.423. The van der Waals surface area contributed by atoms with E-state index in [1.54, 1.807) is 34.1 Å². The van der Waals surface area contributed by atoms with E-state index in [4.69, 9.17) is 11.6 Å². The molecule has 188 valence electrons. The van der Waals surface area contributed by atoms with Crippen molar-refractivity contribution in [2.75, 3.05) is 11.4 Å². The topological polar surface area (TPSA) is 130 Å². The van der Waals surface area contributed by atoms with Gasteiger partial charge in [0.15, 0.2) is 5.69 Å². The van der Waals surface area contributed by atoms with Gasteiger partial charge in [0.05, 0.1) is 23.9 Å². The molecule has 3 aliphatic rings. The van der Waals surface area contributed by atoms with Crippen LogP contribution >= 0.6 is 11.6 Å². The van der Waals surface area contributed by atoms with Crippen LogP contribution in [0, 0.1) is 30.1 Å². The second-order valence-electron chi connectivity index (χ2n) is 10.2. The molecule has 2 aliphatic carbocycles. The zero-order valence-corrected chi connectivity index (χ0v) is 21.2. The van der Waals surface area contributed by atoms with Crippen LogP contribution < -0.4 is 10.2 Å². The maximum atomic E-state index is 12.8. The lowest BCUT2D eigenvalue weighted by molar-refractivity contribution is -0.118. The first kappa shape index (κ1) is 23.6. The third-order valence-electron chi connectivity index (χ3n) is 7.81. The van der Waals surface area contributed by atoms with Gasteiger partial charge >= 0.3 is 0 Å². The molecule has 37 heavy (non-hydrogen) atoms. The largest absolute Gasteiger partial charge is 0.348 e. The van der Waals surface area contributed by atoms with Crippen LogP contribution in [-0.2, 0) is 4.79 Å². The highest BCUT2D eigenvalue weighted by Crippen LogP contribution is 2.46. The molecule has 2 aromatic heterocycles. The lowest BCUT2D eigenvalue weighted by Gasteiger charge is -2.36. The third kappa shape index (κ3) is 4.23. The van der Waals surface area contributed by atoms with Crippen LogP contribution in [0.3, 0.4) is 0 Å². The van der Waals surface area contributed by atoms with Gasteiger partial charge in [-0.05, 0) is 68.7 Å². The lowest BCUT2D eigenvalue weighted by atomic mass is 9.74. The zero-order valence-electron chi connectivity index (χ0n) is 20.4. The average molecular weight is 517 g/mol. The minimum Gasteiger partial charge on any atom is -0.348 e. The van der Waals surface area contributed by atoms with E-state index in [0.29, 0.717) is 29.0 Å². The lowest BCUT2D eigenvalue weighted by Crippen LogP contribution is -2.43. The van der Waals surface area contributed by atoms with Crippen LogP contribution in [0.2, 0.25) is 5.02 Å². The molecule has 1 aliphatic heterocycles. The predicted molar refractivity (Wildman–Crippen MR) is 134 cm³/mol. The summed E-state index contributed by atoms with van der Waals surface area (Å²) in [5.74, 6) is 1.06. The number of aromatic nitrogens is 5. The SMILES string of the molecule is Cc1nc(N2C[C@H]3C[C@H]3C2=O)ncc1C(C)n1cc(C(=O)NC2CC(c3cc(Cl)ccc3C#N)C2)nn1. The van der Waals surface area contributed by atoms with Crippen molar-refractivity contribution in [2.45, 2.75) is 51.1 Å². The number of halogens is 1. The molecule has 1 N–H and O–H groups in total. The van der Waals surface area contributed by atoms with Crippen LogP contribution in [0.1, 0.15) is 71.0 Å². The summed E-state index contributed by atoms with van der Waals surface area (Å²) in [5.41, 5.74) is 3.37. The van der Waals surface area contributed by atoms with E-state index in [0.717, 1.165) is 36.1 Å². The summed E-state index contributed by atoms with van der Waals surface area (Å²) >= 11 is 6.11. The standard InChI is InChI=1S/C26H25ClN8O2/c1-13-22(10-29-26(30-13)34-11-17-7-21(17)25(34)37)14(2)35-12-23(32-33-35)24(36)31-19-5-16(6-19)20-8-18(27)4-3-15(20)9-28/h3-4,8,10,12,14,16-17,19,21H,5-7,11H2,1-2H3,(H,31,36)/t14?,16?,17-,19?,21-/m1/s1. The fourth-order valence-corrected chi connectivity index (χ4v) is 5.58. The Morgan fingerprint density at radius 2 is 2.11 bits per heavy atom.